The monoisotopic (exact) mass is 184 g/mol. The Morgan fingerprint density at radius 3 is 2.62 bits per heavy atom. The molecule has 0 amide bonds. The number of methoxy groups -OCH3 is 1. The summed E-state index contributed by atoms with van der Waals surface area (Å²) in [5, 5.41) is 3.53. The van der Waals surface area contributed by atoms with Crippen LogP contribution in [0.3, 0.4) is 0 Å². The van der Waals surface area contributed by atoms with Crippen LogP contribution >= 0.6 is 0 Å². The molecule has 0 saturated carbocycles. The fraction of sp³-hybridized carbons (Fsp3) is 0.800. The van der Waals surface area contributed by atoms with Crippen LogP contribution < -0.4 is 11.1 Å². The summed E-state index contributed by atoms with van der Waals surface area (Å²) < 4.78 is 5.15. The van der Waals surface area contributed by atoms with Gasteiger partial charge in [0.25, 0.3) is 0 Å². The van der Waals surface area contributed by atoms with E-state index in [2.05, 4.69) is 24.4 Å². The summed E-state index contributed by atoms with van der Waals surface area (Å²) in [6.07, 6.45) is 6.64. The Hall–Kier alpha value is -0.380. The molecule has 0 aromatic heterocycles. The van der Waals surface area contributed by atoms with Gasteiger partial charge < -0.3 is 15.8 Å². The molecule has 0 heterocycles. The average molecular weight is 184 g/mol. The van der Waals surface area contributed by atoms with E-state index >= 15 is 0 Å². The molecule has 3 N–H and O–H groups in total. The third-order valence-corrected chi connectivity index (χ3v) is 2.47. The van der Waals surface area contributed by atoms with Crippen molar-refractivity contribution in [3.05, 3.63) is 12.2 Å². The number of hydrogen-bond acceptors (Lipinski definition) is 3. The van der Waals surface area contributed by atoms with Crippen LogP contribution in [0.5, 0.6) is 0 Å². The van der Waals surface area contributed by atoms with Gasteiger partial charge >= 0.3 is 0 Å². The highest BCUT2D eigenvalue weighted by Crippen LogP contribution is 2.13. The van der Waals surface area contributed by atoms with Gasteiger partial charge in [0.1, 0.15) is 0 Å². The molecule has 1 aliphatic rings. The van der Waals surface area contributed by atoms with Crippen LogP contribution in [0, 0.1) is 0 Å². The molecule has 0 bridgehead atoms. The molecule has 13 heavy (non-hydrogen) atoms. The molecule has 1 unspecified atom stereocenters. The van der Waals surface area contributed by atoms with Crippen LogP contribution in [0.25, 0.3) is 0 Å². The van der Waals surface area contributed by atoms with E-state index < -0.39 is 0 Å². The second-order valence-corrected chi connectivity index (χ2v) is 3.98. The summed E-state index contributed by atoms with van der Waals surface area (Å²) in [7, 11) is 1.71. The summed E-state index contributed by atoms with van der Waals surface area (Å²) in [5.74, 6) is 0. The van der Waals surface area contributed by atoms with Gasteiger partial charge in [-0.1, -0.05) is 12.2 Å². The normalized spacial score (nSPS) is 22.1. The molecule has 1 rings (SSSR count). The first kappa shape index (κ1) is 10.7. The molecule has 0 aromatic rings. The fourth-order valence-electron chi connectivity index (χ4n) is 1.71. The van der Waals surface area contributed by atoms with E-state index in [0.29, 0.717) is 19.2 Å². The Labute approximate surface area is 80.3 Å². The topological polar surface area (TPSA) is 47.3 Å². The molecule has 0 saturated heterocycles. The average Bonchev–Trinajstić information content (AvgIpc) is 2.57. The minimum atomic E-state index is -0.0779. The molecule has 3 nitrogen and oxygen atoms in total. The van der Waals surface area contributed by atoms with E-state index in [1.165, 1.54) is 0 Å². The summed E-state index contributed by atoms with van der Waals surface area (Å²) in [5.41, 5.74) is 5.63. The predicted molar refractivity (Wildman–Crippen MR) is 54.6 cm³/mol. The standard InChI is InChI=1S/C10H20N2O/c1-10(7-11,8-13-2)12-9-5-3-4-6-9/h3-4,9,12H,5-8,11H2,1-2H3. The summed E-state index contributed by atoms with van der Waals surface area (Å²) in [4.78, 5) is 0. The second-order valence-electron chi connectivity index (χ2n) is 3.98. The van der Waals surface area contributed by atoms with Crippen molar-refractivity contribution >= 4 is 0 Å². The first-order valence-electron chi connectivity index (χ1n) is 4.82. The summed E-state index contributed by atoms with van der Waals surface area (Å²) in [6.45, 7) is 3.38. The van der Waals surface area contributed by atoms with Crippen molar-refractivity contribution in [3.8, 4) is 0 Å². The Balaban J connectivity index is 2.37. The highest BCUT2D eigenvalue weighted by atomic mass is 16.5. The molecule has 0 spiro atoms. The van der Waals surface area contributed by atoms with E-state index in [1.54, 1.807) is 7.11 Å². The van der Waals surface area contributed by atoms with E-state index in [0.717, 1.165) is 12.8 Å². The van der Waals surface area contributed by atoms with E-state index in [9.17, 15) is 0 Å². The second kappa shape index (κ2) is 4.74. The van der Waals surface area contributed by atoms with Crippen molar-refractivity contribution in [1.29, 1.82) is 0 Å². The van der Waals surface area contributed by atoms with Crippen molar-refractivity contribution in [2.45, 2.75) is 31.3 Å². The van der Waals surface area contributed by atoms with Crippen molar-refractivity contribution in [2.75, 3.05) is 20.3 Å². The molecule has 1 atom stereocenters. The van der Waals surface area contributed by atoms with Crippen molar-refractivity contribution < 1.29 is 4.74 Å². The highest BCUT2D eigenvalue weighted by molar-refractivity contribution is 5.01. The van der Waals surface area contributed by atoms with Crippen LogP contribution in [0.2, 0.25) is 0 Å². The predicted octanol–water partition coefficient (Wildman–Crippen LogP) is 0.658. The SMILES string of the molecule is COCC(C)(CN)NC1CC=CC1. The van der Waals surface area contributed by atoms with Gasteiger partial charge in [-0.15, -0.1) is 0 Å². The number of nitrogens with one attached hydrogen (secondary N) is 1. The molecule has 0 radical (unpaired) electrons. The maximum absolute atomic E-state index is 5.71. The van der Waals surface area contributed by atoms with Crippen LogP contribution in [-0.4, -0.2) is 31.8 Å². The first-order chi connectivity index (χ1) is 6.20. The number of hydrogen-bond donors (Lipinski definition) is 2. The minimum Gasteiger partial charge on any atom is -0.383 e. The van der Waals surface area contributed by atoms with Crippen molar-refractivity contribution in [1.82, 2.24) is 5.32 Å². The minimum absolute atomic E-state index is 0.0779. The molecule has 1 aliphatic carbocycles. The van der Waals surface area contributed by atoms with Gasteiger partial charge in [-0.2, -0.15) is 0 Å². The van der Waals surface area contributed by atoms with Gasteiger partial charge in [-0.05, 0) is 19.8 Å². The molecule has 0 aliphatic heterocycles. The lowest BCUT2D eigenvalue weighted by Crippen LogP contribution is -2.55. The third kappa shape index (κ3) is 3.10. The lowest BCUT2D eigenvalue weighted by atomic mass is 10.0. The maximum atomic E-state index is 5.71. The first-order valence-corrected chi connectivity index (χ1v) is 4.82. The Kier molecular flexibility index (Phi) is 3.90. The Morgan fingerprint density at radius 1 is 1.54 bits per heavy atom. The quantitative estimate of drug-likeness (QED) is 0.617. The van der Waals surface area contributed by atoms with Crippen LogP contribution in [-0.2, 0) is 4.74 Å². The van der Waals surface area contributed by atoms with Crippen molar-refractivity contribution in [2.24, 2.45) is 5.73 Å². The van der Waals surface area contributed by atoms with E-state index in [-0.39, 0.29) is 5.54 Å². The van der Waals surface area contributed by atoms with Crippen molar-refractivity contribution in [3.63, 3.8) is 0 Å². The number of nitrogens with two attached hydrogens (primary N) is 1. The highest BCUT2D eigenvalue weighted by Gasteiger charge is 2.25. The molecule has 0 fully saturated rings. The Bertz CT molecular complexity index is 174. The zero-order valence-electron chi connectivity index (χ0n) is 8.55. The van der Waals surface area contributed by atoms with Gasteiger partial charge in [0.05, 0.1) is 12.1 Å². The molecule has 0 aromatic carbocycles. The summed E-state index contributed by atoms with van der Waals surface area (Å²) in [6, 6.07) is 0.545. The third-order valence-electron chi connectivity index (χ3n) is 2.47. The molecular weight excluding hydrogens is 164 g/mol. The van der Waals surface area contributed by atoms with Gasteiger partial charge in [0, 0.05) is 19.7 Å². The Morgan fingerprint density at radius 2 is 2.15 bits per heavy atom. The van der Waals surface area contributed by atoms with Crippen LogP contribution in [0.4, 0.5) is 0 Å². The van der Waals surface area contributed by atoms with Gasteiger partial charge in [0.2, 0.25) is 0 Å². The fourth-order valence-corrected chi connectivity index (χ4v) is 1.71. The van der Waals surface area contributed by atoms with Gasteiger partial charge in [-0.25, -0.2) is 0 Å². The lowest BCUT2D eigenvalue weighted by Gasteiger charge is -2.32. The van der Waals surface area contributed by atoms with E-state index in [1.807, 2.05) is 0 Å². The molecule has 3 heteroatoms. The number of rotatable bonds is 5. The zero-order valence-corrected chi connectivity index (χ0v) is 8.55. The van der Waals surface area contributed by atoms with Gasteiger partial charge in [-0.3, -0.25) is 0 Å². The van der Waals surface area contributed by atoms with Gasteiger partial charge in [0.15, 0.2) is 0 Å². The maximum Gasteiger partial charge on any atom is 0.0654 e. The van der Waals surface area contributed by atoms with Crippen LogP contribution in [0.15, 0.2) is 12.2 Å². The molecular formula is C10H20N2O. The van der Waals surface area contributed by atoms with Crippen LogP contribution in [0.1, 0.15) is 19.8 Å². The zero-order chi connectivity index (χ0) is 9.73. The van der Waals surface area contributed by atoms with E-state index in [4.69, 9.17) is 10.5 Å². The number of ether oxygens (including phenoxy) is 1. The lowest BCUT2D eigenvalue weighted by molar-refractivity contribution is 0.115. The largest absolute Gasteiger partial charge is 0.383 e. The smallest absolute Gasteiger partial charge is 0.0654 e. The molecule has 76 valence electrons. The summed E-state index contributed by atoms with van der Waals surface area (Å²) >= 11 is 0.